The Morgan fingerprint density at radius 3 is 2.48 bits per heavy atom. The minimum atomic E-state index is -0.0847. The summed E-state index contributed by atoms with van der Waals surface area (Å²) in [7, 11) is 3.85. The maximum absolute atomic E-state index is 11.2. The zero-order valence-corrected chi connectivity index (χ0v) is 18.0. The summed E-state index contributed by atoms with van der Waals surface area (Å²) in [6.45, 7) is 4.04. The third-order valence-electron chi connectivity index (χ3n) is 3.73. The van der Waals surface area contributed by atoms with Crippen molar-refractivity contribution in [2.24, 2.45) is 4.99 Å². The van der Waals surface area contributed by atoms with E-state index in [-0.39, 0.29) is 29.9 Å². The number of hydrogen-bond acceptors (Lipinski definition) is 3. The number of guanidine groups is 1. The van der Waals surface area contributed by atoms with Crippen molar-refractivity contribution in [2.45, 2.75) is 45.6 Å². The Balaban J connectivity index is 0.00000576. The number of hydrogen-bond donors (Lipinski definition) is 1. The van der Waals surface area contributed by atoms with Crippen molar-refractivity contribution in [2.75, 3.05) is 27.2 Å². The summed E-state index contributed by atoms with van der Waals surface area (Å²) in [5.74, 6) is 0.823. The van der Waals surface area contributed by atoms with Crippen molar-refractivity contribution in [1.82, 2.24) is 10.2 Å². The van der Waals surface area contributed by atoms with Gasteiger partial charge in [-0.25, -0.2) is 0 Å². The second-order valence-electron chi connectivity index (χ2n) is 5.78. The Bertz CT molecular complexity index is 495. The quantitative estimate of drug-likeness (QED) is 0.189. The monoisotopic (exact) mass is 461 g/mol. The average Bonchev–Trinajstić information content (AvgIpc) is 2.58. The Morgan fingerprint density at radius 2 is 1.84 bits per heavy atom. The van der Waals surface area contributed by atoms with E-state index in [0.29, 0.717) is 13.0 Å². The summed E-state index contributed by atoms with van der Waals surface area (Å²) in [6, 6.07) is 10.4. The van der Waals surface area contributed by atoms with E-state index in [1.807, 2.05) is 27.1 Å². The predicted molar refractivity (Wildman–Crippen MR) is 114 cm³/mol. The highest BCUT2D eigenvalue weighted by atomic mass is 127. The third-order valence-corrected chi connectivity index (χ3v) is 3.73. The topological polar surface area (TPSA) is 53.9 Å². The molecule has 0 aliphatic rings. The maximum atomic E-state index is 11.2. The molecule has 0 amide bonds. The summed E-state index contributed by atoms with van der Waals surface area (Å²) in [4.78, 5) is 17.7. The fourth-order valence-electron chi connectivity index (χ4n) is 2.50. The first kappa shape index (κ1) is 23.7. The number of benzene rings is 1. The molecule has 5 nitrogen and oxygen atoms in total. The number of nitrogens with one attached hydrogen (secondary N) is 1. The minimum Gasteiger partial charge on any atom is -0.466 e. The normalized spacial score (nSPS) is 10.8. The largest absolute Gasteiger partial charge is 0.466 e. The molecule has 0 fully saturated rings. The van der Waals surface area contributed by atoms with Gasteiger partial charge in [-0.3, -0.25) is 9.79 Å². The summed E-state index contributed by atoms with van der Waals surface area (Å²) in [5, 5.41) is 3.39. The van der Waals surface area contributed by atoms with Crippen molar-refractivity contribution in [3.8, 4) is 0 Å². The second kappa shape index (κ2) is 15.0. The number of halogens is 1. The van der Waals surface area contributed by atoms with Crippen LogP contribution in [0.2, 0.25) is 0 Å². The van der Waals surface area contributed by atoms with Crippen LogP contribution in [0.25, 0.3) is 0 Å². The zero-order chi connectivity index (χ0) is 17.6. The first-order valence-electron chi connectivity index (χ1n) is 8.78. The number of unbranched alkanes of at least 4 members (excludes halogenated alkanes) is 3. The van der Waals surface area contributed by atoms with Gasteiger partial charge in [0.25, 0.3) is 0 Å². The van der Waals surface area contributed by atoms with Gasteiger partial charge in [0, 0.05) is 33.6 Å². The van der Waals surface area contributed by atoms with Gasteiger partial charge in [-0.2, -0.15) is 0 Å². The Labute approximate surface area is 169 Å². The zero-order valence-electron chi connectivity index (χ0n) is 15.7. The number of carbonyl (C=O) groups excluding carboxylic acids is 1. The standard InChI is InChI=1S/C19H31N3O2.HI/c1-4-24-18(23)14-10-5-6-11-15-21-19(20-2)22(3)16-17-12-8-7-9-13-17;/h7-9,12-13H,4-6,10-11,14-16H2,1-3H3,(H,20,21);1H. The van der Waals surface area contributed by atoms with E-state index in [1.165, 1.54) is 5.56 Å². The van der Waals surface area contributed by atoms with Crippen molar-refractivity contribution in [3.05, 3.63) is 35.9 Å². The molecule has 0 aliphatic carbocycles. The van der Waals surface area contributed by atoms with E-state index < -0.39 is 0 Å². The van der Waals surface area contributed by atoms with Crippen LogP contribution < -0.4 is 5.32 Å². The van der Waals surface area contributed by atoms with E-state index in [9.17, 15) is 4.79 Å². The number of ether oxygens (including phenoxy) is 1. The lowest BCUT2D eigenvalue weighted by Gasteiger charge is -2.22. The van der Waals surface area contributed by atoms with Gasteiger partial charge in [-0.15, -0.1) is 24.0 Å². The average molecular weight is 461 g/mol. The van der Waals surface area contributed by atoms with Crippen LogP contribution in [0, 0.1) is 0 Å². The Morgan fingerprint density at radius 1 is 1.16 bits per heavy atom. The van der Waals surface area contributed by atoms with Crippen molar-refractivity contribution in [3.63, 3.8) is 0 Å². The van der Waals surface area contributed by atoms with Crippen LogP contribution in [0.3, 0.4) is 0 Å². The number of esters is 1. The van der Waals surface area contributed by atoms with Crippen LogP contribution in [0.15, 0.2) is 35.3 Å². The van der Waals surface area contributed by atoms with Crippen molar-refractivity contribution in [1.29, 1.82) is 0 Å². The molecule has 0 bridgehead atoms. The molecule has 142 valence electrons. The molecule has 0 radical (unpaired) electrons. The number of carbonyl (C=O) groups is 1. The third kappa shape index (κ3) is 11.0. The molecule has 0 heterocycles. The van der Waals surface area contributed by atoms with Gasteiger partial charge in [0.1, 0.15) is 0 Å². The van der Waals surface area contributed by atoms with Gasteiger partial charge in [0.2, 0.25) is 0 Å². The molecular weight excluding hydrogens is 429 g/mol. The molecule has 0 spiro atoms. The van der Waals surface area contributed by atoms with Gasteiger partial charge in [-0.1, -0.05) is 43.2 Å². The molecule has 6 heteroatoms. The Kier molecular flexibility index (Phi) is 14.2. The van der Waals surface area contributed by atoms with E-state index in [0.717, 1.165) is 44.7 Å². The number of nitrogens with zero attached hydrogens (tertiary/aromatic N) is 2. The van der Waals surface area contributed by atoms with Crippen molar-refractivity contribution >= 4 is 35.9 Å². The lowest BCUT2D eigenvalue weighted by molar-refractivity contribution is -0.143. The van der Waals surface area contributed by atoms with Crippen LogP contribution >= 0.6 is 24.0 Å². The molecule has 1 aromatic rings. The maximum Gasteiger partial charge on any atom is 0.305 e. The highest BCUT2D eigenvalue weighted by Gasteiger charge is 2.06. The number of rotatable bonds is 10. The SMILES string of the molecule is CCOC(=O)CCCCCCNC(=NC)N(C)Cc1ccccc1.I. The van der Waals surface area contributed by atoms with Crippen LogP contribution in [-0.4, -0.2) is 44.1 Å². The fourth-order valence-corrected chi connectivity index (χ4v) is 2.50. The molecule has 1 aromatic carbocycles. The van der Waals surface area contributed by atoms with Gasteiger partial charge in [0.05, 0.1) is 6.61 Å². The van der Waals surface area contributed by atoms with E-state index in [1.54, 1.807) is 0 Å². The molecule has 1 N–H and O–H groups in total. The van der Waals surface area contributed by atoms with E-state index >= 15 is 0 Å². The molecule has 0 saturated heterocycles. The molecule has 0 aromatic heterocycles. The summed E-state index contributed by atoms with van der Waals surface area (Å²) in [5.41, 5.74) is 1.27. The molecule has 25 heavy (non-hydrogen) atoms. The lowest BCUT2D eigenvalue weighted by Crippen LogP contribution is -2.38. The first-order chi connectivity index (χ1) is 11.7. The summed E-state index contributed by atoms with van der Waals surface area (Å²) < 4.78 is 4.92. The van der Waals surface area contributed by atoms with Gasteiger partial charge < -0.3 is 15.0 Å². The fraction of sp³-hybridized carbons (Fsp3) is 0.579. The number of aliphatic imine (C=N–C) groups is 1. The summed E-state index contributed by atoms with van der Waals surface area (Å²) in [6.07, 6.45) is 4.66. The van der Waals surface area contributed by atoms with E-state index in [4.69, 9.17) is 4.74 Å². The van der Waals surface area contributed by atoms with Crippen LogP contribution in [-0.2, 0) is 16.1 Å². The first-order valence-corrected chi connectivity index (χ1v) is 8.78. The minimum absolute atomic E-state index is 0. The van der Waals surface area contributed by atoms with E-state index in [2.05, 4.69) is 39.5 Å². The molecule has 0 saturated carbocycles. The molecule has 1 rings (SSSR count). The van der Waals surface area contributed by atoms with Crippen LogP contribution in [0.1, 0.15) is 44.6 Å². The summed E-state index contributed by atoms with van der Waals surface area (Å²) >= 11 is 0. The molecule has 0 atom stereocenters. The second-order valence-corrected chi connectivity index (χ2v) is 5.78. The smallest absolute Gasteiger partial charge is 0.305 e. The van der Waals surface area contributed by atoms with Gasteiger partial charge >= 0.3 is 5.97 Å². The van der Waals surface area contributed by atoms with Crippen LogP contribution in [0.4, 0.5) is 0 Å². The molecule has 0 unspecified atom stereocenters. The van der Waals surface area contributed by atoms with Crippen LogP contribution in [0.5, 0.6) is 0 Å². The highest BCUT2D eigenvalue weighted by Crippen LogP contribution is 2.05. The Hall–Kier alpha value is -1.31. The van der Waals surface area contributed by atoms with Gasteiger partial charge in [-0.05, 0) is 25.3 Å². The van der Waals surface area contributed by atoms with Crippen molar-refractivity contribution < 1.29 is 9.53 Å². The molecular formula is C19H32IN3O2. The highest BCUT2D eigenvalue weighted by molar-refractivity contribution is 14.0. The molecule has 0 aliphatic heterocycles. The van der Waals surface area contributed by atoms with Gasteiger partial charge in [0.15, 0.2) is 5.96 Å². The lowest BCUT2D eigenvalue weighted by atomic mass is 10.1. The predicted octanol–water partition coefficient (Wildman–Crippen LogP) is 3.83.